The van der Waals surface area contributed by atoms with Gasteiger partial charge in [0, 0.05) is 19.1 Å². The zero-order valence-electron chi connectivity index (χ0n) is 11.1. The molecule has 2 N–H and O–H groups in total. The van der Waals surface area contributed by atoms with Crippen LogP contribution in [0.4, 0.5) is 0 Å². The van der Waals surface area contributed by atoms with Gasteiger partial charge in [-0.05, 0) is 38.8 Å². The van der Waals surface area contributed by atoms with Crippen molar-refractivity contribution >= 4 is 0 Å². The van der Waals surface area contributed by atoms with Gasteiger partial charge in [-0.25, -0.2) is 0 Å². The lowest BCUT2D eigenvalue weighted by atomic mass is 9.97. The van der Waals surface area contributed by atoms with Gasteiger partial charge in [-0.1, -0.05) is 20.8 Å². The third-order valence-corrected chi connectivity index (χ3v) is 4.06. The maximum absolute atomic E-state index is 10.1. The van der Waals surface area contributed by atoms with Crippen molar-refractivity contribution in [3.8, 4) is 0 Å². The second-order valence-corrected chi connectivity index (χ2v) is 4.99. The number of likely N-dealkylation sites (tertiary alicyclic amines) is 1. The minimum absolute atomic E-state index is 0.504. The maximum atomic E-state index is 10.1. The summed E-state index contributed by atoms with van der Waals surface area (Å²) in [6.07, 6.45) is 4.29. The number of hydrogen-bond donors (Lipinski definition) is 2. The first-order valence-corrected chi connectivity index (χ1v) is 6.82. The zero-order chi connectivity index (χ0) is 12.0. The summed E-state index contributed by atoms with van der Waals surface area (Å²) in [5.74, 6) is 0. The molecule has 3 heteroatoms. The number of nitrogens with zero attached hydrogens (tertiary/aromatic N) is 1. The van der Waals surface area contributed by atoms with Crippen LogP contribution in [0.5, 0.6) is 0 Å². The Hall–Kier alpha value is -0.120. The van der Waals surface area contributed by atoms with E-state index in [9.17, 15) is 5.11 Å². The Kier molecular flexibility index (Phi) is 5.73. The number of nitrogens with one attached hydrogen (secondary N) is 1. The van der Waals surface area contributed by atoms with Crippen molar-refractivity contribution < 1.29 is 5.11 Å². The number of rotatable bonds is 7. The Bertz CT molecular complexity index is 192. The molecule has 0 aromatic carbocycles. The fourth-order valence-electron chi connectivity index (χ4n) is 2.51. The second-order valence-electron chi connectivity index (χ2n) is 4.99. The van der Waals surface area contributed by atoms with Crippen molar-refractivity contribution in [2.45, 2.75) is 58.1 Å². The first-order chi connectivity index (χ1) is 7.65. The minimum atomic E-state index is -0.504. The Morgan fingerprint density at radius 2 is 2.00 bits per heavy atom. The summed E-state index contributed by atoms with van der Waals surface area (Å²) < 4.78 is 0. The molecule has 0 spiro atoms. The Morgan fingerprint density at radius 3 is 2.56 bits per heavy atom. The highest BCUT2D eigenvalue weighted by molar-refractivity contribution is 4.83. The molecule has 1 atom stereocenters. The van der Waals surface area contributed by atoms with Gasteiger partial charge in [-0.2, -0.15) is 0 Å². The molecular formula is C13H28N2O. The Morgan fingerprint density at radius 1 is 1.31 bits per heavy atom. The van der Waals surface area contributed by atoms with Gasteiger partial charge in [0.1, 0.15) is 0 Å². The highest BCUT2D eigenvalue weighted by Gasteiger charge is 2.25. The summed E-state index contributed by atoms with van der Waals surface area (Å²) in [4.78, 5) is 2.53. The molecule has 0 bridgehead atoms. The molecule has 1 aliphatic heterocycles. The van der Waals surface area contributed by atoms with E-state index in [-0.39, 0.29) is 0 Å². The molecule has 1 aliphatic rings. The van der Waals surface area contributed by atoms with Crippen molar-refractivity contribution in [3.63, 3.8) is 0 Å². The summed E-state index contributed by atoms with van der Waals surface area (Å²) in [7, 11) is 0. The van der Waals surface area contributed by atoms with Gasteiger partial charge >= 0.3 is 0 Å². The monoisotopic (exact) mass is 228 g/mol. The van der Waals surface area contributed by atoms with Crippen LogP contribution in [-0.4, -0.2) is 47.8 Å². The lowest BCUT2D eigenvalue weighted by Gasteiger charge is -2.28. The largest absolute Gasteiger partial charge is 0.389 e. The smallest absolute Gasteiger partial charge is 0.0766 e. The molecule has 0 aromatic heterocycles. The molecule has 0 aliphatic carbocycles. The van der Waals surface area contributed by atoms with Crippen LogP contribution >= 0.6 is 0 Å². The average Bonchev–Trinajstić information content (AvgIpc) is 2.76. The SMILES string of the molecule is CCN1CCCC1CNCC(O)(CC)CC. The predicted molar refractivity (Wildman–Crippen MR) is 68.7 cm³/mol. The normalized spacial score (nSPS) is 22.9. The van der Waals surface area contributed by atoms with E-state index in [4.69, 9.17) is 0 Å². The fraction of sp³-hybridized carbons (Fsp3) is 1.00. The van der Waals surface area contributed by atoms with Gasteiger partial charge in [-0.3, -0.25) is 4.90 Å². The quantitative estimate of drug-likeness (QED) is 0.695. The van der Waals surface area contributed by atoms with E-state index in [1.807, 2.05) is 0 Å². The van der Waals surface area contributed by atoms with Crippen LogP contribution < -0.4 is 5.32 Å². The van der Waals surface area contributed by atoms with Crippen LogP contribution in [0.2, 0.25) is 0 Å². The van der Waals surface area contributed by atoms with Crippen molar-refractivity contribution in [2.75, 3.05) is 26.2 Å². The van der Waals surface area contributed by atoms with Crippen LogP contribution in [0.25, 0.3) is 0 Å². The standard InChI is InChI=1S/C13H28N2O/c1-4-13(16,5-2)11-14-10-12-8-7-9-15(12)6-3/h12,14,16H,4-11H2,1-3H3. The van der Waals surface area contributed by atoms with Gasteiger partial charge in [0.05, 0.1) is 5.60 Å². The zero-order valence-corrected chi connectivity index (χ0v) is 11.1. The van der Waals surface area contributed by atoms with Crippen LogP contribution in [0.1, 0.15) is 46.5 Å². The van der Waals surface area contributed by atoms with E-state index in [1.165, 1.54) is 19.4 Å². The fourth-order valence-corrected chi connectivity index (χ4v) is 2.51. The molecule has 0 radical (unpaired) electrons. The van der Waals surface area contributed by atoms with E-state index in [0.717, 1.165) is 32.5 Å². The molecule has 1 rings (SSSR count). The van der Waals surface area contributed by atoms with Crippen LogP contribution in [0.15, 0.2) is 0 Å². The Balaban J connectivity index is 2.24. The van der Waals surface area contributed by atoms with E-state index in [1.54, 1.807) is 0 Å². The molecule has 1 unspecified atom stereocenters. The highest BCUT2D eigenvalue weighted by atomic mass is 16.3. The van der Waals surface area contributed by atoms with Gasteiger partial charge in [0.2, 0.25) is 0 Å². The molecule has 16 heavy (non-hydrogen) atoms. The van der Waals surface area contributed by atoms with Gasteiger partial charge < -0.3 is 10.4 Å². The summed E-state index contributed by atoms with van der Waals surface area (Å²) in [6.45, 7) is 10.5. The molecule has 1 heterocycles. The van der Waals surface area contributed by atoms with Gasteiger partial charge in [0.25, 0.3) is 0 Å². The molecule has 3 nitrogen and oxygen atoms in total. The van der Waals surface area contributed by atoms with Crippen LogP contribution in [-0.2, 0) is 0 Å². The molecule has 0 aromatic rings. The summed E-state index contributed by atoms with van der Waals surface area (Å²) in [5.41, 5.74) is -0.504. The average molecular weight is 228 g/mol. The first kappa shape index (κ1) is 13.9. The van der Waals surface area contributed by atoms with Crippen molar-refractivity contribution in [2.24, 2.45) is 0 Å². The maximum Gasteiger partial charge on any atom is 0.0766 e. The number of aliphatic hydroxyl groups is 1. The third kappa shape index (κ3) is 3.72. The second kappa shape index (κ2) is 6.58. The van der Waals surface area contributed by atoms with Crippen LogP contribution in [0.3, 0.4) is 0 Å². The molecular weight excluding hydrogens is 200 g/mol. The molecule has 1 saturated heterocycles. The van der Waals surface area contributed by atoms with E-state index >= 15 is 0 Å². The lowest BCUT2D eigenvalue weighted by molar-refractivity contribution is 0.0313. The molecule has 96 valence electrons. The third-order valence-electron chi connectivity index (χ3n) is 4.06. The summed E-state index contributed by atoms with van der Waals surface area (Å²) >= 11 is 0. The Labute approximate surface area is 100 Å². The molecule has 1 fully saturated rings. The topological polar surface area (TPSA) is 35.5 Å². The molecule has 0 amide bonds. The van der Waals surface area contributed by atoms with E-state index in [2.05, 4.69) is 31.0 Å². The van der Waals surface area contributed by atoms with Crippen LogP contribution in [0, 0.1) is 0 Å². The number of hydrogen-bond acceptors (Lipinski definition) is 3. The number of likely N-dealkylation sites (N-methyl/N-ethyl adjacent to an activating group) is 1. The van der Waals surface area contributed by atoms with Gasteiger partial charge in [0.15, 0.2) is 0 Å². The van der Waals surface area contributed by atoms with Gasteiger partial charge in [-0.15, -0.1) is 0 Å². The molecule has 0 saturated carbocycles. The highest BCUT2D eigenvalue weighted by Crippen LogP contribution is 2.17. The van der Waals surface area contributed by atoms with E-state index < -0.39 is 5.60 Å². The van der Waals surface area contributed by atoms with Crippen molar-refractivity contribution in [1.82, 2.24) is 10.2 Å². The van der Waals surface area contributed by atoms with E-state index in [0.29, 0.717) is 6.04 Å². The summed E-state index contributed by atoms with van der Waals surface area (Å²) in [6, 6.07) is 0.683. The minimum Gasteiger partial charge on any atom is -0.389 e. The first-order valence-electron chi connectivity index (χ1n) is 6.82. The van der Waals surface area contributed by atoms with Crippen molar-refractivity contribution in [3.05, 3.63) is 0 Å². The lowest BCUT2D eigenvalue weighted by Crippen LogP contribution is -2.44. The summed E-state index contributed by atoms with van der Waals surface area (Å²) in [5, 5.41) is 13.6. The predicted octanol–water partition coefficient (Wildman–Crippen LogP) is 1.61. The van der Waals surface area contributed by atoms with Crippen molar-refractivity contribution in [1.29, 1.82) is 0 Å².